The van der Waals surface area contributed by atoms with E-state index in [0.717, 1.165) is 36.4 Å². The third kappa shape index (κ3) is 1.99. The number of nitrogens with zero attached hydrogens (tertiary/aromatic N) is 6. The molecule has 0 saturated heterocycles. The van der Waals surface area contributed by atoms with Crippen molar-refractivity contribution < 1.29 is 0 Å². The van der Waals surface area contributed by atoms with Crippen LogP contribution in [0.4, 0.5) is 5.82 Å². The van der Waals surface area contributed by atoms with Gasteiger partial charge >= 0.3 is 0 Å². The van der Waals surface area contributed by atoms with Gasteiger partial charge in [0.05, 0.1) is 0 Å². The molecule has 0 saturated carbocycles. The quantitative estimate of drug-likeness (QED) is 0.607. The average Bonchev–Trinajstić information content (AvgIpc) is 2.94. The molecule has 3 aromatic rings. The Morgan fingerprint density at radius 2 is 2.00 bits per heavy atom. The Hall–Kier alpha value is -2.63. The van der Waals surface area contributed by atoms with E-state index < -0.39 is 0 Å². The Bertz CT molecular complexity index is 843. The van der Waals surface area contributed by atoms with Crippen LogP contribution in [0.25, 0.3) is 16.5 Å². The predicted octanol–water partition coefficient (Wildman–Crippen LogP) is -0.170. The topological polar surface area (TPSA) is 59.7 Å². The molecule has 0 atom stereocenters. The minimum atomic E-state index is 0.759. The first-order chi connectivity index (χ1) is 10.3. The van der Waals surface area contributed by atoms with Crippen LogP contribution in [0.2, 0.25) is 0 Å². The van der Waals surface area contributed by atoms with E-state index in [1.165, 1.54) is 5.47 Å². The third-order valence-electron chi connectivity index (χ3n) is 3.78. The van der Waals surface area contributed by atoms with Crippen molar-refractivity contribution in [3.8, 4) is 0 Å². The van der Waals surface area contributed by atoms with Crippen LogP contribution >= 0.6 is 0 Å². The van der Waals surface area contributed by atoms with Gasteiger partial charge in [-0.15, -0.1) is 0 Å². The zero-order valence-electron chi connectivity index (χ0n) is 11.6. The van der Waals surface area contributed by atoms with Crippen LogP contribution in [0.3, 0.4) is 0 Å². The molecule has 0 bridgehead atoms. The van der Waals surface area contributed by atoms with Gasteiger partial charge in [0.2, 0.25) is 7.98 Å². The number of anilines is 1. The number of rotatable bonds is 2. The van der Waals surface area contributed by atoms with Crippen molar-refractivity contribution in [2.75, 3.05) is 11.4 Å². The molecule has 6 nitrogen and oxygen atoms in total. The fourth-order valence-corrected chi connectivity index (χ4v) is 2.69. The molecule has 3 aromatic heterocycles. The Kier molecular flexibility index (Phi) is 2.73. The van der Waals surface area contributed by atoms with Crippen LogP contribution in [0, 0.1) is 0 Å². The van der Waals surface area contributed by atoms with Crippen molar-refractivity contribution in [1.82, 2.24) is 24.4 Å². The fourth-order valence-electron chi connectivity index (χ4n) is 2.69. The smallest absolute Gasteiger partial charge is 0.277 e. The maximum atomic E-state index is 4.38. The first kappa shape index (κ1) is 12.1. The number of fused-ring (bicyclic) bond motifs is 2. The van der Waals surface area contributed by atoms with Crippen molar-refractivity contribution >= 4 is 37.7 Å². The monoisotopic (exact) mass is 274 g/mol. The Balaban J connectivity index is 1.75. The van der Waals surface area contributed by atoms with Gasteiger partial charge in [-0.3, -0.25) is 0 Å². The molecule has 21 heavy (non-hydrogen) atoms. The molecule has 0 aliphatic carbocycles. The zero-order valence-corrected chi connectivity index (χ0v) is 11.6. The van der Waals surface area contributed by atoms with Gasteiger partial charge in [-0.05, 0) is 17.7 Å². The van der Waals surface area contributed by atoms with Crippen molar-refractivity contribution in [1.29, 1.82) is 0 Å². The molecule has 0 spiro atoms. The number of aromatic nitrogens is 5. The minimum Gasteiger partial charge on any atom is -0.403 e. The van der Waals surface area contributed by atoms with Crippen LogP contribution in [-0.4, -0.2) is 46.4 Å². The van der Waals surface area contributed by atoms with Gasteiger partial charge in [-0.1, -0.05) is 6.08 Å². The van der Waals surface area contributed by atoms with Gasteiger partial charge in [-0.2, -0.15) is 0 Å². The highest BCUT2D eigenvalue weighted by Crippen LogP contribution is 2.27. The van der Waals surface area contributed by atoms with Gasteiger partial charge in [0.15, 0.2) is 0 Å². The van der Waals surface area contributed by atoms with Crippen LogP contribution in [0.15, 0.2) is 43.4 Å². The Morgan fingerprint density at radius 3 is 2.95 bits per heavy atom. The summed E-state index contributed by atoms with van der Waals surface area (Å²) < 4.78 is 2.13. The predicted molar refractivity (Wildman–Crippen MR) is 86.0 cm³/mol. The molecule has 4 heterocycles. The molecule has 0 amide bonds. The van der Waals surface area contributed by atoms with Gasteiger partial charge in [-0.25, -0.2) is 19.9 Å². The Labute approximate surface area is 123 Å². The van der Waals surface area contributed by atoms with E-state index >= 15 is 0 Å². The summed E-state index contributed by atoms with van der Waals surface area (Å²) in [5.74, 6) is 0.980. The number of hydrogen-bond donors (Lipinski definition) is 0. The molecule has 0 N–H and O–H groups in total. The first-order valence-electron chi connectivity index (χ1n) is 6.78. The van der Waals surface area contributed by atoms with Crippen LogP contribution < -0.4 is 4.81 Å². The molecule has 0 aromatic carbocycles. The van der Waals surface area contributed by atoms with Crippen molar-refractivity contribution in [3.05, 3.63) is 49.0 Å². The van der Waals surface area contributed by atoms with E-state index in [9.17, 15) is 0 Å². The zero-order chi connectivity index (χ0) is 14.2. The van der Waals surface area contributed by atoms with Gasteiger partial charge in [0.1, 0.15) is 24.1 Å². The third-order valence-corrected chi connectivity index (χ3v) is 3.78. The summed E-state index contributed by atoms with van der Waals surface area (Å²) in [6.07, 6.45) is 11.2. The normalized spacial score (nSPS) is 13.9. The molecule has 1 aliphatic heterocycles. The summed E-state index contributed by atoms with van der Waals surface area (Å²) in [6, 6.07) is 2.03. The second-order valence-corrected chi connectivity index (χ2v) is 5.12. The summed E-state index contributed by atoms with van der Waals surface area (Å²) >= 11 is 0. The lowest BCUT2D eigenvalue weighted by atomic mass is 9.75. The summed E-state index contributed by atoms with van der Waals surface area (Å²) in [4.78, 5) is 19.1. The van der Waals surface area contributed by atoms with Gasteiger partial charge in [0, 0.05) is 29.9 Å². The van der Waals surface area contributed by atoms with Crippen LogP contribution in [0.5, 0.6) is 0 Å². The summed E-state index contributed by atoms with van der Waals surface area (Å²) in [7, 11) is 2.80. The van der Waals surface area contributed by atoms with E-state index in [2.05, 4.69) is 35.3 Å². The van der Waals surface area contributed by atoms with Crippen molar-refractivity contribution in [2.24, 2.45) is 0 Å². The highest BCUT2D eigenvalue weighted by molar-refractivity contribution is 6.61. The fraction of sp³-hybridized carbons (Fsp3) is 0.0769. The SMILES string of the molecule is BN1CC=C(Bn2ccc3cncnc32)c2cncnc21. The molecule has 1 aliphatic rings. The second kappa shape index (κ2) is 4.73. The molecule has 0 unspecified atom stereocenters. The van der Waals surface area contributed by atoms with Gasteiger partial charge < -0.3 is 9.29 Å². The van der Waals surface area contributed by atoms with Crippen molar-refractivity contribution in [2.45, 2.75) is 0 Å². The molecule has 8 heteroatoms. The lowest BCUT2D eigenvalue weighted by Crippen LogP contribution is -2.27. The summed E-state index contributed by atoms with van der Waals surface area (Å²) in [5, 5.41) is 1.05. The molecule has 100 valence electrons. The average molecular weight is 274 g/mol. The summed E-state index contributed by atoms with van der Waals surface area (Å²) in [6.45, 7) is 0.855. The minimum absolute atomic E-state index is 0.759. The Morgan fingerprint density at radius 1 is 1.14 bits per heavy atom. The molecular weight excluding hydrogens is 262 g/mol. The van der Waals surface area contributed by atoms with E-state index in [1.54, 1.807) is 12.7 Å². The lowest BCUT2D eigenvalue weighted by molar-refractivity contribution is 1.05. The van der Waals surface area contributed by atoms with Crippen LogP contribution in [0.1, 0.15) is 5.56 Å². The molecule has 0 radical (unpaired) electrons. The maximum absolute atomic E-state index is 4.38. The maximum Gasteiger partial charge on any atom is 0.277 e. The van der Waals surface area contributed by atoms with Crippen LogP contribution in [-0.2, 0) is 0 Å². The van der Waals surface area contributed by atoms with E-state index in [4.69, 9.17) is 0 Å². The largest absolute Gasteiger partial charge is 0.403 e. The second-order valence-electron chi connectivity index (χ2n) is 5.12. The first-order valence-corrected chi connectivity index (χ1v) is 6.78. The van der Waals surface area contributed by atoms with Crippen molar-refractivity contribution in [3.63, 3.8) is 0 Å². The van der Waals surface area contributed by atoms with E-state index in [0.29, 0.717) is 0 Å². The number of hydrogen-bond acceptors (Lipinski definition) is 5. The molecular formula is C13H12B2N6. The lowest BCUT2D eigenvalue weighted by Gasteiger charge is -2.26. The highest BCUT2D eigenvalue weighted by Gasteiger charge is 2.19. The van der Waals surface area contributed by atoms with E-state index in [-0.39, 0.29) is 0 Å². The standard InChI is InChI=1S/C13H12B2N6/c14-20-3-2-11(10-6-17-8-19-13(10)20)15-21-4-1-9-5-16-7-18-12(9)21/h1-2,4-8,15H,3,14H2. The van der Waals surface area contributed by atoms with E-state index in [1.807, 2.05) is 32.6 Å². The highest BCUT2D eigenvalue weighted by atomic mass is 15.1. The molecule has 0 fully saturated rings. The molecule has 4 rings (SSSR count). The summed E-state index contributed by atoms with van der Waals surface area (Å²) in [5.41, 5.74) is 3.25. The van der Waals surface area contributed by atoms with Gasteiger partial charge in [0.25, 0.3) is 7.41 Å².